The Morgan fingerprint density at radius 3 is 2.30 bits per heavy atom. The molecular weight excluding hydrogens is 404 g/mol. The molecule has 0 atom stereocenters. The van der Waals surface area contributed by atoms with Crippen molar-refractivity contribution < 1.29 is 18.7 Å². The molecule has 5 rings (SSSR count). The molecule has 0 aliphatic carbocycles. The summed E-state index contributed by atoms with van der Waals surface area (Å²) < 4.78 is 21.9. The summed E-state index contributed by atoms with van der Waals surface area (Å²) in [6, 6.07) is 22.4. The first-order valence-electron chi connectivity index (χ1n) is 9.19. The summed E-state index contributed by atoms with van der Waals surface area (Å²) in [5.41, 5.74) is 2.23. The zero-order valence-corrected chi connectivity index (χ0v) is 16.3. The predicted octanol–water partition coefficient (Wildman–Crippen LogP) is 6.37. The third kappa shape index (κ3) is 3.73. The van der Waals surface area contributed by atoms with Crippen molar-refractivity contribution in [3.8, 4) is 34.3 Å². The van der Waals surface area contributed by atoms with Crippen LogP contribution in [0.15, 0.2) is 89.8 Å². The average Bonchev–Trinajstić information content (AvgIpc) is 3.48. The second-order valence-electron chi connectivity index (χ2n) is 6.48. The standard InChI is InChI=1S/C23H15ClN2O4/c24-20-14-16(23-27-12-13-28-23)8-11-19(20)21-25-22(30-26-21)15-6-9-18(10-7-15)29-17-4-2-1-3-5-17/h1-14,23H. The minimum atomic E-state index is -0.492. The van der Waals surface area contributed by atoms with E-state index in [-0.39, 0.29) is 0 Å². The van der Waals surface area contributed by atoms with Crippen molar-refractivity contribution in [3.05, 3.63) is 95.9 Å². The van der Waals surface area contributed by atoms with Crippen LogP contribution in [0.25, 0.3) is 22.8 Å². The van der Waals surface area contributed by atoms with Crippen LogP contribution in [0.2, 0.25) is 5.02 Å². The second kappa shape index (κ2) is 7.93. The summed E-state index contributed by atoms with van der Waals surface area (Å²) in [4.78, 5) is 4.47. The molecule has 1 aliphatic rings. The van der Waals surface area contributed by atoms with Gasteiger partial charge in [-0.2, -0.15) is 4.98 Å². The maximum Gasteiger partial charge on any atom is 0.266 e. The monoisotopic (exact) mass is 418 g/mol. The summed E-state index contributed by atoms with van der Waals surface area (Å²) in [5.74, 6) is 2.28. The number of halogens is 1. The van der Waals surface area contributed by atoms with E-state index < -0.39 is 6.29 Å². The van der Waals surface area contributed by atoms with Crippen molar-refractivity contribution in [2.45, 2.75) is 6.29 Å². The smallest absolute Gasteiger partial charge is 0.266 e. The SMILES string of the molecule is Clc1cc(C2OC=CO2)ccc1-c1noc(-c2ccc(Oc3ccccc3)cc2)n1. The van der Waals surface area contributed by atoms with Gasteiger partial charge in [0.05, 0.1) is 5.02 Å². The number of hydrogen-bond acceptors (Lipinski definition) is 6. The molecule has 0 saturated carbocycles. The zero-order valence-electron chi connectivity index (χ0n) is 15.6. The van der Waals surface area contributed by atoms with Gasteiger partial charge in [-0.1, -0.05) is 41.0 Å². The van der Waals surface area contributed by atoms with Gasteiger partial charge in [0.25, 0.3) is 12.2 Å². The molecule has 0 unspecified atom stereocenters. The summed E-state index contributed by atoms with van der Waals surface area (Å²) in [6.07, 6.45) is 2.50. The zero-order chi connectivity index (χ0) is 20.3. The highest BCUT2D eigenvalue weighted by Gasteiger charge is 2.19. The fourth-order valence-electron chi connectivity index (χ4n) is 3.00. The highest BCUT2D eigenvalue weighted by molar-refractivity contribution is 6.33. The van der Waals surface area contributed by atoms with Crippen LogP contribution in [0.4, 0.5) is 0 Å². The molecular formula is C23H15ClN2O4. The van der Waals surface area contributed by atoms with Crippen LogP contribution in [0.3, 0.4) is 0 Å². The van der Waals surface area contributed by atoms with E-state index in [2.05, 4.69) is 10.1 Å². The minimum Gasteiger partial charge on any atom is -0.457 e. The van der Waals surface area contributed by atoms with E-state index in [4.69, 9.17) is 30.3 Å². The van der Waals surface area contributed by atoms with E-state index in [1.807, 2.05) is 66.7 Å². The van der Waals surface area contributed by atoms with Crippen molar-refractivity contribution >= 4 is 11.6 Å². The molecule has 148 valence electrons. The molecule has 0 amide bonds. The third-order valence-electron chi connectivity index (χ3n) is 4.47. The van der Waals surface area contributed by atoms with Gasteiger partial charge in [0.1, 0.15) is 24.0 Å². The molecule has 0 spiro atoms. The van der Waals surface area contributed by atoms with Gasteiger partial charge >= 0.3 is 0 Å². The van der Waals surface area contributed by atoms with E-state index in [0.717, 1.165) is 16.9 Å². The highest BCUT2D eigenvalue weighted by Crippen LogP contribution is 2.33. The van der Waals surface area contributed by atoms with Crippen molar-refractivity contribution in [2.24, 2.45) is 0 Å². The van der Waals surface area contributed by atoms with Gasteiger partial charge in [-0.05, 0) is 48.5 Å². The van der Waals surface area contributed by atoms with E-state index in [0.29, 0.717) is 28.1 Å². The summed E-state index contributed by atoms with van der Waals surface area (Å²) >= 11 is 6.43. The molecule has 4 aromatic rings. The molecule has 3 aromatic carbocycles. The Morgan fingerprint density at radius 2 is 1.57 bits per heavy atom. The molecule has 0 bridgehead atoms. The Morgan fingerprint density at radius 1 is 0.833 bits per heavy atom. The van der Waals surface area contributed by atoms with Gasteiger partial charge in [-0.25, -0.2) is 0 Å². The molecule has 6 nitrogen and oxygen atoms in total. The number of benzene rings is 3. The lowest BCUT2D eigenvalue weighted by Crippen LogP contribution is -1.98. The Labute approximate surface area is 177 Å². The van der Waals surface area contributed by atoms with Crippen molar-refractivity contribution in [3.63, 3.8) is 0 Å². The maximum atomic E-state index is 6.43. The lowest BCUT2D eigenvalue weighted by molar-refractivity contribution is -0.0245. The fraction of sp³-hybridized carbons (Fsp3) is 0.0435. The van der Waals surface area contributed by atoms with Crippen LogP contribution in [-0.2, 0) is 9.47 Å². The summed E-state index contributed by atoms with van der Waals surface area (Å²) in [5, 5.41) is 4.54. The van der Waals surface area contributed by atoms with Crippen LogP contribution < -0.4 is 4.74 Å². The van der Waals surface area contributed by atoms with Crippen LogP contribution in [-0.4, -0.2) is 10.1 Å². The van der Waals surface area contributed by atoms with Crippen LogP contribution in [0.1, 0.15) is 11.9 Å². The third-order valence-corrected chi connectivity index (χ3v) is 4.79. The van der Waals surface area contributed by atoms with Gasteiger partial charge < -0.3 is 18.7 Å². The normalized spacial score (nSPS) is 13.1. The van der Waals surface area contributed by atoms with Gasteiger partial charge in [-0.15, -0.1) is 0 Å². The van der Waals surface area contributed by atoms with Crippen molar-refractivity contribution in [1.82, 2.24) is 10.1 Å². The number of aromatic nitrogens is 2. The predicted molar refractivity (Wildman–Crippen MR) is 111 cm³/mol. The Balaban J connectivity index is 1.34. The Kier molecular flexibility index (Phi) is 4.83. The topological polar surface area (TPSA) is 66.6 Å². The van der Waals surface area contributed by atoms with Gasteiger partial charge in [-0.3, -0.25) is 0 Å². The number of hydrogen-bond donors (Lipinski definition) is 0. The second-order valence-corrected chi connectivity index (χ2v) is 6.89. The molecule has 0 fully saturated rings. The summed E-state index contributed by atoms with van der Waals surface area (Å²) in [6.45, 7) is 0. The lowest BCUT2D eigenvalue weighted by atomic mass is 10.1. The molecule has 0 radical (unpaired) electrons. The quantitative estimate of drug-likeness (QED) is 0.375. The van der Waals surface area contributed by atoms with Crippen LogP contribution in [0, 0.1) is 0 Å². The molecule has 0 saturated heterocycles. The van der Waals surface area contributed by atoms with Crippen LogP contribution >= 0.6 is 11.6 Å². The van der Waals surface area contributed by atoms with E-state index in [1.165, 1.54) is 12.5 Å². The largest absolute Gasteiger partial charge is 0.457 e. The molecule has 1 aliphatic heterocycles. The van der Waals surface area contributed by atoms with E-state index in [9.17, 15) is 0 Å². The first-order valence-corrected chi connectivity index (χ1v) is 9.57. The number of nitrogens with zero attached hydrogens (tertiary/aromatic N) is 2. The fourth-order valence-corrected chi connectivity index (χ4v) is 3.27. The average molecular weight is 419 g/mol. The van der Waals surface area contributed by atoms with Gasteiger partial charge in [0, 0.05) is 16.7 Å². The summed E-state index contributed by atoms with van der Waals surface area (Å²) in [7, 11) is 0. The molecule has 7 heteroatoms. The van der Waals surface area contributed by atoms with E-state index >= 15 is 0 Å². The molecule has 2 heterocycles. The molecule has 30 heavy (non-hydrogen) atoms. The Hall–Kier alpha value is -3.77. The first kappa shape index (κ1) is 18.3. The minimum absolute atomic E-state index is 0.392. The van der Waals surface area contributed by atoms with Crippen molar-refractivity contribution in [1.29, 1.82) is 0 Å². The lowest BCUT2D eigenvalue weighted by Gasteiger charge is -2.11. The van der Waals surface area contributed by atoms with E-state index in [1.54, 1.807) is 6.07 Å². The number of para-hydroxylation sites is 1. The maximum absolute atomic E-state index is 6.43. The van der Waals surface area contributed by atoms with Crippen molar-refractivity contribution in [2.75, 3.05) is 0 Å². The Bertz CT molecular complexity index is 1180. The molecule has 0 N–H and O–H groups in total. The molecule has 1 aromatic heterocycles. The van der Waals surface area contributed by atoms with Gasteiger partial charge in [0.2, 0.25) is 5.82 Å². The number of ether oxygens (including phenoxy) is 3. The first-order chi connectivity index (χ1) is 14.8. The highest BCUT2D eigenvalue weighted by atomic mass is 35.5. The van der Waals surface area contributed by atoms with Crippen LogP contribution in [0.5, 0.6) is 11.5 Å². The number of rotatable bonds is 5. The van der Waals surface area contributed by atoms with Gasteiger partial charge in [0.15, 0.2) is 0 Å².